The average Bonchev–Trinajstić information content (AvgIpc) is 3.16. The molecule has 2 aromatic rings. The van der Waals surface area contributed by atoms with Crippen LogP contribution in [0.15, 0.2) is 30.5 Å². The van der Waals surface area contributed by atoms with E-state index in [2.05, 4.69) is 22.0 Å². The summed E-state index contributed by atoms with van der Waals surface area (Å²) in [5.41, 5.74) is 2.33. The first-order valence-electron chi connectivity index (χ1n) is 10.5. The Morgan fingerprint density at radius 3 is 2.36 bits per heavy atom. The third-order valence-electron chi connectivity index (χ3n) is 6.08. The Morgan fingerprint density at radius 2 is 1.57 bits per heavy atom. The van der Waals surface area contributed by atoms with Gasteiger partial charge in [0.05, 0.1) is 6.54 Å². The number of rotatable bonds is 5. The van der Waals surface area contributed by atoms with Crippen LogP contribution in [0.2, 0.25) is 0 Å². The van der Waals surface area contributed by atoms with Crippen molar-refractivity contribution in [2.75, 3.05) is 45.8 Å². The van der Waals surface area contributed by atoms with Crippen LogP contribution >= 0.6 is 0 Å². The lowest BCUT2D eigenvalue weighted by Crippen LogP contribution is -2.52. The Labute approximate surface area is 166 Å². The molecule has 0 unspecified atom stereocenters. The lowest BCUT2D eigenvalue weighted by molar-refractivity contribution is -0.135. The smallest absolute Gasteiger partial charge is 0.236 e. The zero-order chi connectivity index (χ0) is 19.3. The minimum absolute atomic E-state index is 0.215. The molecule has 0 saturated carbocycles. The first kappa shape index (κ1) is 19.0. The first-order valence-corrected chi connectivity index (χ1v) is 10.5. The SMILES string of the molecule is O=C(CCc1c[nH]c2ccccc12)N1CCN(CC(=O)N2CCCCC2)CC1. The lowest BCUT2D eigenvalue weighted by atomic mass is 10.1. The molecule has 1 aromatic carbocycles. The fourth-order valence-electron chi connectivity index (χ4n) is 4.33. The van der Waals surface area contributed by atoms with Crippen molar-refractivity contribution in [2.45, 2.75) is 32.1 Å². The number of nitrogens with zero attached hydrogens (tertiary/aromatic N) is 3. The van der Waals surface area contributed by atoms with Crippen molar-refractivity contribution in [3.8, 4) is 0 Å². The van der Waals surface area contributed by atoms with E-state index in [1.165, 1.54) is 17.4 Å². The van der Waals surface area contributed by atoms with Gasteiger partial charge in [0, 0.05) is 62.8 Å². The molecule has 0 bridgehead atoms. The Balaban J connectivity index is 1.22. The van der Waals surface area contributed by atoms with Crippen molar-refractivity contribution in [3.63, 3.8) is 0 Å². The van der Waals surface area contributed by atoms with Gasteiger partial charge in [-0.3, -0.25) is 14.5 Å². The molecule has 0 spiro atoms. The van der Waals surface area contributed by atoms with Crippen LogP contribution < -0.4 is 0 Å². The molecular weight excluding hydrogens is 352 g/mol. The van der Waals surface area contributed by atoms with E-state index in [4.69, 9.17) is 0 Å². The molecule has 0 radical (unpaired) electrons. The van der Waals surface area contributed by atoms with Gasteiger partial charge in [0.2, 0.25) is 11.8 Å². The van der Waals surface area contributed by atoms with Crippen LogP contribution in [-0.2, 0) is 16.0 Å². The number of carbonyl (C=O) groups excluding carboxylic acids is 2. The third kappa shape index (κ3) is 4.38. The van der Waals surface area contributed by atoms with Gasteiger partial charge >= 0.3 is 0 Å². The van der Waals surface area contributed by atoms with E-state index in [1.807, 2.05) is 28.1 Å². The van der Waals surface area contributed by atoms with Gasteiger partial charge < -0.3 is 14.8 Å². The van der Waals surface area contributed by atoms with Gasteiger partial charge in [-0.05, 0) is 37.3 Å². The van der Waals surface area contributed by atoms with Gasteiger partial charge in [-0.2, -0.15) is 0 Å². The number of hydrogen-bond donors (Lipinski definition) is 1. The van der Waals surface area contributed by atoms with Gasteiger partial charge in [-0.15, -0.1) is 0 Å². The molecule has 28 heavy (non-hydrogen) atoms. The second-order valence-electron chi connectivity index (χ2n) is 7.96. The number of fused-ring (bicyclic) bond motifs is 1. The number of piperidine rings is 1. The van der Waals surface area contributed by atoms with Crippen molar-refractivity contribution < 1.29 is 9.59 Å². The van der Waals surface area contributed by atoms with Gasteiger partial charge in [0.15, 0.2) is 0 Å². The van der Waals surface area contributed by atoms with Crippen molar-refractivity contribution >= 4 is 22.7 Å². The second-order valence-corrected chi connectivity index (χ2v) is 7.96. The largest absolute Gasteiger partial charge is 0.361 e. The predicted octanol–water partition coefficient (Wildman–Crippen LogP) is 2.26. The molecule has 150 valence electrons. The minimum atomic E-state index is 0.215. The summed E-state index contributed by atoms with van der Waals surface area (Å²) in [6.07, 6.45) is 6.81. The van der Waals surface area contributed by atoms with Gasteiger partial charge in [0.25, 0.3) is 0 Å². The number of piperazine rings is 1. The molecule has 3 heterocycles. The van der Waals surface area contributed by atoms with Crippen LogP contribution in [0, 0.1) is 0 Å². The molecule has 2 saturated heterocycles. The molecule has 2 fully saturated rings. The van der Waals surface area contributed by atoms with E-state index in [1.54, 1.807) is 0 Å². The van der Waals surface area contributed by atoms with Crippen LogP contribution in [0.3, 0.4) is 0 Å². The topological polar surface area (TPSA) is 59.7 Å². The molecule has 4 rings (SSSR count). The monoisotopic (exact) mass is 382 g/mol. The predicted molar refractivity (Wildman–Crippen MR) is 110 cm³/mol. The average molecular weight is 383 g/mol. The molecule has 1 N–H and O–H groups in total. The first-order chi connectivity index (χ1) is 13.7. The van der Waals surface area contributed by atoms with Crippen LogP contribution in [0.1, 0.15) is 31.2 Å². The fraction of sp³-hybridized carbons (Fsp3) is 0.545. The summed E-state index contributed by atoms with van der Waals surface area (Å²) < 4.78 is 0. The molecule has 6 nitrogen and oxygen atoms in total. The van der Waals surface area contributed by atoms with Crippen molar-refractivity contribution in [3.05, 3.63) is 36.0 Å². The molecule has 2 aliphatic heterocycles. The van der Waals surface area contributed by atoms with Crippen LogP contribution in [0.25, 0.3) is 10.9 Å². The molecule has 6 heteroatoms. The van der Waals surface area contributed by atoms with E-state index >= 15 is 0 Å². The quantitative estimate of drug-likeness (QED) is 0.863. The molecule has 0 atom stereocenters. The molecule has 1 aromatic heterocycles. The summed E-state index contributed by atoms with van der Waals surface area (Å²) in [7, 11) is 0. The summed E-state index contributed by atoms with van der Waals surface area (Å²) in [5.74, 6) is 0.464. The Kier molecular flexibility index (Phi) is 5.95. The number of amides is 2. The van der Waals surface area contributed by atoms with E-state index < -0.39 is 0 Å². The van der Waals surface area contributed by atoms with Gasteiger partial charge in [-0.1, -0.05) is 18.2 Å². The Morgan fingerprint density at radius 1 is 0.857 bits per heavy atom. The molecule has 2 aliphatic rings. The van der Waals surface area contributed by atoms with E-state index in [0.717, 1.165) is 64.0 Å². The number of hydrogen-bond acceptors (Lipinski definition) is 3. The zero-order valence-corrected chi connectivity index (χ0v) is 16.5. The maximum absolute atomic E-state index is 12.6. The van der Waals surface area contributed by atoms with Crippen molar-refractivity contribution in [1.82, 2.24) is 19.7 Å². The summed E-state index contributed by atoms with van der Waals surface area (Å²) in [4.78, 5) is 34.5. The van der Waals surface area contributed by atoms with Gasteiger partial charge in [-0.25, -0.2) is 0 Å². The van der Waals surface area contributed by atoms with Gasteiger partial charge in [0.1, 0.15) is 0 Å². The van der Waals surface area contributed by atoms with Crippen LogP contribution in [0.4, 0.5) is 0 Å². The third-order valence-corrected chi connectivity index (χ3v) is 6.08. The fourth-order valence-corrected chi connectivity index (χ4v) is 4.33. The van der Waals surface area contributed by atoms with E-state index in [-0.39, 0.29) is 11.8 Å². The maximum Gasteiger partial charge on any atom is 0.236 e. The summed E-state index contributed by atoms with van der Waals surface area (Å²) >= 11 is 0. The van der Waals surface area contributed by atoms with Crippen molar-refractivity contribution in [1.29, 1.82) is 0 Å². The number of likely N-dealkylation sites (tertiary alicyclic amines) is 1. The normalized spacial score (nSPS) is 18.6. The number of benzene rings is 1. The van der Waals surface area contributed by atoms with Crippen LogP contribution in [-0.4, -0.2) is 77.3 Å². The highest BCUT2D eigenvalue weighted by Crippen LogP contribution is 2.19. The van der Waals surface area contributed by atoms with Crippen molar-refractivity contribution in [2.24, 2.45) is 0 Å². The number of aryl methyl sites for hydroxylation is 1. The number of para-hydroxylation sites is 1. The highest BCUT2D eigenvalue weighted by Gasteiger charge is 2.24. The summed E-state index contributed by atoms with van der Waals surface area (Å²) in [6, 6.07) is 8.21. The summed E-state index contributed by atoms with van der Waals surface area (Å²) in [6.45, 7) is 5.34. The molecule has 2 amide bonds. The lowest BCUT2D eigenvalue weighted by Gasteiger charge is -2.36. The Hall–Kier alpha value is -2.34. The van der Waals surface area contributed by atoms with Crippen LogP contribution in [0.5, 0.6) is 0 Å². The molecular formula is C22H30N4O2. The zero-order valence-electron chi connectivity index (χ0n) is 16.5. The minimum Gasteiger partial charge on any atom is -0.361 e. The molecule has 0 aliphatic carbocycles. The summed E-state index contributed by atoms with van der Waals surface area (Å²) in [5, 5.41) is 1.20. The standard InChI is InChI=1S/C22H30N4O2/c27-21(9-8-18-16-23-20-7-3-2-6-19(18)20)26-14-12-24(13-15-26)17-22(28)25-10-4-1-5-11-25/h2-3,6-7,16,23H,1,4-5,8-15,17H2. The number of H-pyrrole nitrogens is 1. The number of aromatic amines is 1. The number of nitrogens with one attached hydrogen (secondary N) is 1. The Bertz CT molecular complexity index is 817. The highest BCUT2D eigenvalue weighted by atomic mass is 16.2. The number of aromatic nitrogens is 1. The number of carbonyl (C=O) groups is 2. The highest BCUT2D eigenvalue weighted by molar-refractivity contribution is 5.84. The second kappa shape index (κ2) is 8.78. The van der Waals surface area contributed by atoms with E-state index in [9.17, 15) is 9.59 Å². The maximum atomic E-state index is 12.6. The van der Waals surface area contributed by atoms with E-state index in [0.29, 0.717) is 13.0 Å².